The summed E-state index contributed by atoms with van der Waals surface area (Å²) in [6.45, 7) is 0.279. The Labute approximate surface area is 173 Å². The number of hydrogen-bond donors (Lipinski definition) is 0. The molecule has 30 heavy (non-hydrogen) atoms. The Hall–Kier alpha value is -3.38. The van der Waals surface area contributed by atoms with Gasteiger partial charge in [-0.05, 0) is 28.5 Å². The predicted molar refractivity (Wildman–Crippen MR) is 114 cm³/mol. The van der Waals surface area contributed by atoms with Gasteiger partial charge in [-0.2, -0.15) is 0 Å². The van der Waals surface area contributed by atoms with E-state index in [0.29, 0.717) is 34.6 Å². The van der Waals surface area contributed by atoms with Crippen LogP contribution in [0.15, 0.2) is 76.0 Å². The van der Waals surface area contributed by atoms with Crippen molar-refractivity contribution in [1.82, 2.24) is 0 Å². The van der Waals surface area contributed by atoms with Gasteiger partial charge in [0.15, 0.2) is 9.84 Å². The van der Waals surface area contributed by atoms with Crippen molar-refractivity contribution in [3.63, 3.8) is 0 Å². The molecule has 0 N–H and O–H groups in total. The fourth-order valence-electron chi connectivity index (χ4n) is 3.94. The lowest BCUT2D eigenvalue weighted by molar-refractivity contribution is 0.0470. The monoisotopic (exact) mass is 418 g/mol. The number of benzene rings is 3. The predicted octanol–water partition coefficient (Wildman–Crippen LogP) is 4.88. The molecule has 3 aromatic carbocycles. The molecular weight excluding hydrogens is 400 g/mol. The largest absolute Gasteiger partial charge is 0.462 e. The molecule has 150 valence electrons. The third-order valence-corrected chi connectivity index (χ3v) is 6.48. The molecule has 0 radical (unpaired) electrons. The maximum Gasteiger partial charge on any atom is 0.342 e. The number of ether oxygens (including phenoxy) is 1. The average Bonchev–Trinajstić information content (AvgIpc) is 3.13. The van der Waals surface area contributed by atoms with Crippen LogP contribution in [-0.4, -0.2) is 27.2 Å². The first-order valence-corrected chi connectivity index (χ1v) is 11.4. The van der Waals surface area contributed by atoms with Crippen LogP contribution in [0.3, 0.4) is 0 Å². The van der Waals surface area contributed by atoms with Gasteiger partial charge in [0.05, 0.1) is 11.5 Å². The fraction of sp³-hybridized carbons (Fsp3) is 0.125. The highest BCUT2D eigenvalue weighted by Gasteiger charge is 2.31. The minimum atomic E-state index is -3.32. The standard InChI is InChI=1S/C24H18O5S/c1-30(26,27)17-11-9-16(10-12-17)21-22-20(13-14-28-24(22)25)29-23(21)19-8-4-6-15-5-2-3-7-18(15)19/h2-12H,13-14H2,1H3. The van der Waals surface area contributed by atoms with Crippen LogP contribution in [0.2, 0.25) is 0 Å². The number of sulfone groups is 1. The molecule has 0 fully saturated rings. The van der Waals surface area contributed by atoms with Crippen LogP contribution in [0, 0.1) is 0 Å². The molecule has 5 nitrogen and oxygen atoms in total. The quantitative estimate of drug-likeness (QED) is 0.443. The van der Waals surface area contributed by atoms with Gasteiger partial charge in [0, 0.05) is 23.8 Å². The Bertz CT molecular complexity index is 1390. The van der Waals surface area contributed by atoms with E-state index in [9.17, 15) is 13.2 Å². The second kappa shape index (κ2) is 6.85. The van der Waals surface area contributed by atoms with Crippen molar-refractivity contribution >= 4 is 26.6 Å². The Kier molecular flexibility index (Phi) is 4.25. The smallest absolute Gasteiger partial charge is 0.342 e. The van der Waals surface area contributed by atoms with Gasteiger partial charge in [0.2, 0.25) is 0 Å². The summed E-state index contributed by atoms with van der Waals surface area (Å²) in [5.74, 6) is 0.757. The van der Waals surface area contributed by atoms with Crippen molar-refractivity contribution in [2.45, 2.75) is 11.3 Å². The number of cyclic esters (lactones) is 1. The zero-order valence-electron chi connectivity index (χ0n) is 16.2. The first kappa shape index (κ1) is 18.6. The summed E-state index contributed by atoms with van der Waals surface area (Å²) in [5.41, 5.74) is 2.62. The van der Waals surface area contributed by atoms with Crippen molar-refractivity contribution in [3.05, 3.63) is 78.1 Å². The molecule has 0 saturated carbocycles. The highest BCUT2D eigenvalue weighted by molar-refractivity contribution is 7.90. The van der Waals surface area contributed by atoms with Crippen LogP contribution in [-0.2, 0) is 21.0 Å². The lowest BCUT2D eigenvalue weighted by Crippen LogP contribution is -2.16. The summed E-state index contributed by atoms with van der Waals surface area (Å²) in [5, 5.41) is 2.07. The summed E-state index contributed by atoms with van der Waals surface area (Å²) in [4.78, 5) is 12.9. The summed E-state index contributed by atoms with van der Waals surface area (Å²) < 4.78 is 35.2. The summed E-state index contributed by atoms with van der Waals surface area (Å²) >= 11 is 0. The Morgan fingerprint density at radius 2 is 1.60 bits per heavy atom. The van der Waals surface area contributed by atoms with Crippen LogP contribution < -0.4 is 0 Å². The van der Waals surface area contributed by atoms with Crippen molar-refractivity contribution in [3.8, 4) is 22.5 Å². The molecule has 5 rings (SSSR count). The Morgan fingerprint density at radius 1 is 0.867 bits per heavy atom. The highest BCUT2D eigenvalue weighted by atomic mass is 32.2. The van der Waals surface area contributed by atoms with Gasteiger partial charge in [0.25, 0.3) is 0 Å². The van der Waals surface area contributed by atoms with Gasteiger partial charge in [-0.15, -0.1) is 0 Å². The van der Waals surface area contributed by atoms with E-state index in [1.807, 2.05) is 42.5 Å². The molecule has 6 heteroatoms. The highest BCUT2D eigenvalue weighted by Crippen LogP contribution is 2.43. The van der Waals surface area contributed by atoms with E-state index in [4.69, 9.17) is 9.15 Å². The van der Waals surface area contributed by atoms with E-state index in [1.54, 1.807) is 24.3 Å². The molecule has 0 amide bonds. The Balaban J connectivity index is 1.80. The third-order valence-electron chi connectivity index (χ3n) is 5.35. The third kappa shape index (κ3) is 3.00. The molecule has 0 spiro atoms. The number of fused-ring (bicyclic) bond motifs is 2. The number of rotatable bonds is 3. The molecule has 2 heterocycles. The van der Waals surface area contributed by atoms with Crippen LogP contribution in [0.1, 0.15) is 16.1 Å². The van der Waals surface area contributed by atoms with Gasteiger partial charge in [-0.25, -0.2) is 13.2 Å². The van der Waals surface area contributed by atoms with E-state index in [1.165, 1.54) is 6.26 Å². The van der Waals surface area contributed by atoms with E-state index < -0.39 is 15.8 Å². The normalized spacial score (nSPS) is 13.8. The van der Waals surface area contributed by atoms with E-state index >= 15 is 0 Å². The SMILES string of the molecule is CS(=O)(=O)c1ccc(-c2c(-c3cccc4ccccc34)oc3c2C(=O)OCC3)cc1. The summed E-state index contributed by atoms with van der Waals surface area (Å²) in [7, 11) is -3.32. The minimum Gasteiger partial charge on any atom is -0.462 e. The molecule has 1 aliphatic rings. The van der Waals surface area contributed by atoms with Crippen molar-refractivity contribution in [2.75, 3.05) is 12.9 Å². The number of carbonyl (C=O) groups is 1. The molecule has 0 atom stereocenters. The van der Waals surface area contributed by atoms with Gasteiger partial charge < -0.3 is 9.15 Å². The lowest BCUT2D eigenvalue weighted by atomic mass is 9.94. The zero-order valence-corrected chi connectivity index (χ0v) is 17.0. The topological polar surface area (TPSA) is 73.6 Å². The number of furan rings is 1. The van der Waals surface area contributed by atoms with Crippen molar-refractivity contribution < 1.29 is 22.4 Å². The van der Waals surface area contributed by atoms with Crippen molar-refractivity contribution in [1.29, 1.82) is 0 Å². The second-order valence-electron chi connectivity index (χ2n) is 7.31. The van der Waals surface area contributed by atoms with Crippen LogP contribution in [0.5, 0.6) is 0 Å². The summed E-state index contributed by atoms with van der Waals surface area (Å²) in [6, 6.07) is 20.4. The lowest BCUT2D eigenvalue weighted by Gasteiger charge is -2.12. The maximum absolute atomic E-state index is 12.6. The summed E-state index contributed by atoms with van der Waals surface area (Å²) in [6.07, 6.45) is 1.67. The van der Waals surface area contributed by atoms with Gasteiger partial charge in [-0.1, -0.05) is 54.6 Å². The molecular formula is C24H18O5S. The van der Waals surface area contributed by atoms with E-state index in [2.05, 4.69) is 0 Å². The average molecular weight is 418 g/mol. The van der Waals surface area contributed by atoms with Crippen LogP contribution in [0.25, 0.3) is 33.2 Å². The molecule has 0 aliphatic carbocycles. The maximum atomic E-state index is 12.6. The van der Waals surface area contributed by atoms with Crippen molar-refractivity contribution in [2.24, 2.45) is 0 Å². The van der Waals surface area contributed by atoms with Gasteiger partial charge in [0.1, 0.15) is 17.1 Å². The van der Waals surface area contributed by atoms with Crippen LogP contribution in [0.4, 0.5) is 0 Å². The van der Waals surface area contributed by atoms with Crippen LogP contribution >= 0.6 is 0 Å². The van der Waals surface area contributed by atoms with E-state index in [-0.39, 0.29) is 11.5 Å². The molecule has 4 aromatic rings. The fourth-order valence-corrected chi connectivity index (χ4v) is 4.57. The first-order valence-electron chi connectivity index (χ1n) is 9.55. The van der Waals surface area contributed by atoms with E-state index in [0.717, 1.165) is 16.3 Å². The second-order valence-corrected chi connectivity index (χ2v) is 9.33. The molecule has 1 aliphatic heterocycles. The molecule has 0 unspecified atom stereocenters. The number of esters is 1. The molecule has 0 saturated heterocycles. The molecule has 1 aromatic heterocycles. The first-order chi connectivity index (χ1) is 14.4. The number of hydrogen-bond acceptors (Lipinski definition) is 5. The zero-order chi connectivity index (χ0) is 20.9. The van der Waals surface area contributed by atoms with Gasteiger partial charge in [-0.3, -0.25) is 0 Å². The van der Waals surface area contributed by atoms with Gasteiger partial charge >= 0.3 is 5.97 Å². The Morgan fingerprint density at radius 3 is 2.37 bits per heavy atom. The minimum absolute atomic E-state index is 0.220. The molecule has 0 bridgehead atoms. The number of carbonyl (C=O) groups excluding carboxylic acids is 1.